The summed E-state index contributed by atoms with van der Waals surface area (Å²) in [6.07, 6.45) is -6.72. The Morgan fingerprint density at radius 2 is 1.62 bits per heavy atom. The minimum atomic E-state index is -1.52. The number of hydrogen-bond donors (Lipinski definition) is 4. The van der Waals surface area contributed by atoms with E-state index in [4.69, 9.17) is 23.7 Å². The third-order valence-electron chi connectivity index (χ3n) is 4.00. The van der Waals surface area contributed by atoms with Crippen molar-refractivity contribution in [3.8, 4) is 17.2 Å². The van der Waals surface area contributed by atoms with Crippen molar-refractivity contribution in [3.05, 3.63) is 17.7 Å². The van der Waals surface area contributed by atoms with E-state index in [9.17, 15) is 25.2 Å². The van der Waals surface area contributed by atoms with Crippen LogP contribution in [0.5, 0.6) is 17.2 Å². The van der Waals surface area contributed by atoms with Gasteiger partial charge < -0.3 is 44.1 Å². The van der Waals surface area contributed by atoms with E-state index in [1.165, 1.54) is 33.5 Å². The van der Waals surface area contributed by atoms with Crippen LogP contribution < -0.4 is 9.47 Å². The fraction of sp³-hybridized carbons (Fsp3) is 0.562. The molecular weight excluding hydrogens is 352 g/mol. The van der Waals surface area contributed by atoms with Gasteiger partial charge in [0.25, 0.3) is 0 Å². The maximum absolute atomic E-state index is 12.2. The molecule has 1 aromatic rings. The highest BCUT2D eigenvalue weighted by Crippen LogP contribution is 2.37. The normalized spacial score (nSPS) is 28.5. The van der Waals surface area contributed by atoms with E-state index < -0.39 is 43.3 Å². The van der Waals surface area contributed by atoms with Gasteiger partial charge in [0.05, 0.1) is 19.8 Å². The molecule has 1 aromatic carbocycles. The van der Waals surface area contributed by atoms with Crippen LogP contribution in [0.4, 0.5) is 0 Å². The van der Waals surface area contributed by atoms with Crippen molar-refractivity contribution in [1.29, 1.82) is 0 Å². The first-order chi connectivity index (χ1) is 12.3. The molecule has 1 heterocycles. The fourth-order valence-corrected chi connectivity index (χ4v) is 2.50. The van der Waals surface area contributed by atoms with Crippen molar-refractivity contribution in [2.75, 3.05) is 27.9 Å². The number of carbonyl (C=O) groups is 1. The molecule has 10 nitrogen and oxygen atoms in total. The van der Waals surface area contributed by atoms with Crippen molar-refractivity contribution in [1.82, 2.24) is 0 Å². The van der Waals surface area contributed by atoms with Gasteiger partial charge >= 0.3 is 5.97 Å². The molecule has 5 atom stereocenters. The number of rotatable bonds is 6. The van der Waals surface area contributed by atoms with Crippen LogP contribution in [-0.4, -0.2) is 85.0 Å². The molecule has 146 valence electrons. The summed E-state index contributed by atoms with van der Waals surface area (Å²) in [5.74, 6) is -1.03. The average molecular weight is 374 g/mol. The van der Waals surface area contributed by atoms with Gasteiger partial charge in [-0.25, -0.2) is 4.79 Å². The second-order valence-corrected chi connectivity index (χ2v) is 5.58. The Hall–Kier alpha value is -2.11. The minimum Gasteiger partial charge on any atom is -0.502 e. The number of phenolic OH excluding ortho intramolecular Hbond substituents is 1. The summed E-state index contributed by atoms with van der Waals surface area (Å²) in [5.41, 5.74) is 0.0330. The Balaban J connectivity index is 2.08. The van der Waals surface area contributed by atoms with Gasteiger partial charge in [-0.1, -0.05) is 0 Å². The highest BCUT2D eigenvalue weighted by molar-refractivity contribution is 5.91. The van der Waals surface area contributed by atoms with E-state index >= 15 is 0 Å². The van der Waals surface area contributed by atoms with Crippen LogP contribution in [0.15, 0.2) is 12.1 Å². The summed E-state index contributed by atoms with van der Waals surface area (Å²) >= 11 is 0. The molecule has 1 fully saturated rings. The summed E-state index contributed by atoms with van der Waals surface area (Å²) in [7, 11) is 3.89. The van der Waals surface area contributed by atoms with Gasteiger partial charge in [0, 0.05) is 7.11 Å². The predicted octanol–water partition coefficient (Wildman–Crippen LogP) is -0.980. The molecule has 1 aliphatic heterocycles. The summed E-state index contributed by atoms with van der Waals surface area (Å²) in [4.78, 5) is 12.2. The zero-order valence-electron chi connectivity index (χ0n) is 14.5. The summed E-state index contributed by atoms with van der Waals surface area (Å²) in [5, 5.41) is 39.3. The van der Waals surface area contributed by atoms with Gasteiger partial charge in [0.2, 0.25) is 5.75 Å². The number of methoxy groups -OCH3 is 3. The molecule has 1 aliphatic rings. The maximum Gasteiger partial charge on any atom is 0.338 e. The fourth-order valence-electron chi connectivity index (χ4n) is 2.50. The number of benzene rings is 1. The first-order valence-corrected chi connectivity index (χ1v) is 7.68. The second-order valence-electron chi connectivity index (χ2n) is 5.58. The molecule has 0 spiro atoms. The summed E-state index contributed by atoms with van der Waals surface area (Å²) in [6, 6.07) is 2.52. The van der Waals surface area contributed by atoms with Crippen LogP contribution in [0.3, 0.4) is 0 Å². The van der Waals surface area contributed by atoms with Crippen LogP contribution in [0, 0.1) is 0 Å². The summed E-state index contributed by atoms with van der Waals surface area (Å²) < 4.78 is 25.2. The zero-order chi connectivity index (χ0) is 19.4. The molecule has 0 bridgehead atoms. The van der Waals surface area contributed by atoms with Gasteiger partial charge in [-0.15, -0.1) is 0 Å². The number of aliphatic hydroxyl groups excluding tert-OH is 3. The van der Waals surface area contributed by atoms with Crippen molar-refractivity contribution in [2.45, 2.75) is 30.7 Å². The lowest BCUT2D eigenvalue weighted by Crippen LogP contribution is -2.59. The molecule has 0 saturated carbocycles. The van der Waals surface area contributed by atoms with Gasteiger partial charge in [0.15, 0.2) is 17.8 Å². The maximum atomic E-state index is 12.2. The number of ether oxygens (including phenoxy) is 5. The van der Waals surface area contributed by atoms with Gasteiger partial charge in [0.1, 0.15) is 31.0 Å². The number of hydrogen-bond acceptors (Lipinski definition) is 10. The van der Waals surface area contributed by atoms with E-state index in [0.29, 0.717) is 0 Å². The van der Waals surface area contributed by atoms with Crippen molar-refractivity contribution in [2.24, 2.45) is 0 Å². The number of esters is 1. The Bertz CT molecular complexity index is 606. The molecule has 10 heteroatoms. The Morgan fingerprint density at radius 3 is 2.12 bits per heavy atom. The lowest BCUT2D eigenvalue weighted by molar-refractivity contribution is -0.294. The molecule has 0 aliphatic carbocycles. The lowest BCUT2D eigenvalue weighted by Gasteiger charge is -2.39. The van der Waals surface area contributed by atoms with E-state index in [1.807, 2.05) is 0 Å². The largest absolute Gasteiger partial charge is 0.502 e. The van der Waals surface area contributed by atoms with Crippen molar-refractivity contribution in [3.63, 3.8) is 0 Å². The molecular formula is C16H22O10. The number of phenols is 1. The Kier molecular flexibility index (Phi) is 6.62. The molecule has 0 aromatic heterocycles. The quantitative estimate of drug-likeness (QED) is 0.459. The number of aromatic hydroxyl groups is 1. The van der Waals surface area contributed by atoms with Crippen LogP contribution in [-0.2, 0) is 14.2 Å². The predicted molar refractivity (Wildman–Crippen MR) is 85.2 cm³/mol. The molecule has 2 rings (SSSR count). The Morgan fingerprint density at radius 1 is 1.04 bits per heavy atom. The highest BCUT2D eigenvalue weighted by Gasteiger charge is 2.44. The molecule has 1 saturated heterocycles. The van der Waals surface area contributed by atoms with Crippen LogP contribution >= 0.6 is 0 Å². The lowest BCUT2D eigenvalue weighted by atomic mass is 9.99. The van der Waals surface area contributed by atoms with Gasteiger partial charge in [-0.05, 0) is 12.1 Å². The number of carbonyl (C=O) groups excluding carboxylic acids is 1. The zero-order valence-corrected chi connectivity index (χ0v) is 14.5. The molecule has 0 radical (unpaired) electrons. The summed E-state index contributed by atoms with van der Waals surface area (Å²) in [6.45, 7) is -0.408. The topological polar surface area (TPSA) is 144 Å². The smallest absolute Gasteiger partial charge is 0.338 e. The van der Waals surface area contributed by atoms with Crippen LogP contribution in [0.2, 0.25) is 0 Å². The molecule has 4 N–H and O–H groups in total. The highest BCUT2D eigenvalue weighted by atomic mass is 16.7. The van der Waals surface area contributed by atoms with E-state index in [2.05, 4.69) is 0 Å². The second kappa shape index (κ2) is 8.52. The third-order valence-corrected chi connectivity index (χ3v) is 4.00. The average Bonchev–Trinajstić information content (AvgIpc) is 2.65. The molecule has 0 amide bonds. The third kappa shape index (κ3) is 4.00. The van der Waals surface area contributed by atoms with Crippen molar-refractivity contribution < 1.29 is 48.9 Å². The van der Waals surface area contributed by atoms with Crippen molar-refractivity contribution >= 4 is 5.97 Å². The molecule has 26 heavy (non-hydrogen) atoms. The van der Waals surface area contributed by atoms with Crippen LogP contribution in [0.1, 0.15) is 10.4 Å². The standard InChI is InChI=1S/C16H22O10/c1-22-8-4-7(5-9(23-2)11(8)17)15(21)25-6-10-12(18)13(19)14(20)16(24-3)26-10/h4-5,10,12-14,16-20H,6H2,1-3H3/t10-,12-,13+,14-,16+/m1/s1. The van der Waals surface area contributed by atoms with E-state index in [0.717, 1.165) is 0 Å². The van der Waals surface area contributed by atoms with E-state index in [-0.39, 0.29) is 22.8 Å². The minimum absolute atomic E-state index is 0.0169. The Labute approximate surface area is 149 Å². The number of aliphatic hydroxyl groups is 3. The van der Waals surface area contributed by atoms with Gasteiger partial charge in [-0.2, -0.15) is 0 Å². The first kappa shape index (κ1) is 20.2. The SMILES string of the molecule is COc1cc(C(=O)OC[C@H]2O[C@H](OC)[C@H](O)[C@@H](O)[C@@H]2O)cc(OC)c1O. The van der Waals surface area contributed by atoms with Crippen LogP contribution in [0.25, 0.3) is 0 Å². The monoisotopic (exact) mass is 374 g/mol. The van der Waals surface area contributed by atoms with Gasteiger partial charge in [-0.3, -0.25) is 0 Å². The first-order valence-electron chi connectivity index (χ1n) is 7.68. The molecule has 0 unspecified atom stereocenters. The van der Waals surface area contributed by atoms with E-state index in [1.54, 1.807) is 0 Å².